The van der Waals surface area contributed by atoms with Crippen molar-refractivity contribution in [2.75, 3.05) is 52.4 Å². The lowest BCUT2D eigenvalue weighted by Crippen LogP contribution is -2.51. The second kappa shape index (κ2) is 14.3. The van der Waals surface area contributed by atoms with Gasteiger partial charge in [-0.25, -0.2) is 0 Å². The van der Waals surface area contributed by atoms with E-state index in [0.717, 1.165) is 52.0 Å². The van der Waals surface area contributed by atoms with Gasteiger partial charge in [0.25, 0.3) is 5.91 Å². The third-order valence-corrected chi connectivity index (χ3v) is 8.37. The van der Waals surface area contributed by atoms with Crippen LogP contribution in [0.3, 0.4) is 0 Å². The molecular formula is C29H39Cl2N5O2. The molecular weight excluding hydrogens is 521 g/mol. The summed E-state index contributed by atoms with van der Waals surface area (Å²) in [5, 5.41) is 10.8. The average Bonchev–Trinajstić information content (AvgIpc) is 3.09. The summed E-state index contributed by atoms with van der Waals surface area (Å²) in [6, 6.07) is 15.0. The third-order valence-electron chi connectivity index (χ3n) is 7.63. The maximum absolute atomic E-state index is 13.8. The van der Waals surface area contributed by atoms with Crippen molar-refractivity contribution >= 4 is 35.0 Å². The number of nitrogens with one attached hydrogen (secondary N) is 3. The molecule has 2 aliphatic heterocycles. The molecule has 2 aromatic carbocycles. The topological polar surface area (TPSA) is 76.7 Å². The van der Waals surface area contributed by atoms with E-state index in [1.165, 1.54) is 5.56 Å². The van der Waals surface area contributed by atoms with Crippen molar-refractivity contribution < 1.29 is 9.59 Å². The number of nitrogens with zero attached hydrogens (tertiary/aromatic N) is 2. The van der Waals surface area contributed by atoms with Crippen molar-refractivity contribution in [3.05, 3.63) is 69.7 Å². The van der Waals surface area contributed by atoms with Crippen LogP contribution < -0.4 is 16.0 Å². The lowest BCUT2D eigenvalue weighted by Gasteiger charge is -2.31. The number of carbonyl (C=O) groups is 2. The Bertz CT molecular complexity index is 1060. The molecule has 0 bridgehead atoms. The van der Waals surface area contributed by atoms with E-state index in [2.05, 4.69) is 52.0 Å². The lowest BCUT2D eigenvalue weighted by atomic mass is 9.95. The smallest absolute Gasteiger partial charge is 0.251 e. The van der Waals surface area contributed by atoms with E-state index in [1.54, 1.807) is 18.2 Å². The first kappa shape index (κ1) is 28.8. The molecule has 2 fully saturated rings. The summed E-state index contributed by atoms with van der Waals surface area (Å²) in [6.07, 6.45) is 2.48. The van der Waals surface area contributed by atoms with Crippen LogP contribution >= 0.6 is 23.2 Å². The zero-order valence-corrected chi connectivity index (χ0v) is 23.6. The third kappa shape index (κ3) is 7.93. The number of rotatable bonds is 10. The van der Waals surface area contributed by atoms with Gasteiger partial charge in [0.2, 0.25) is 5.91 Å². The molecule has 3 unspecified atom stereocenters. The fourth-order valence-corrected chi connectivity index (χ4v) is 5.59. The number of hydrogen-bond acceptors (Lipinski definition) is 5. The number of carbonyl (C=O) groups excluding carboxylic acids is 2. The SMILES string of the molecule is CCC(CN1CCC(CNC(=O)c2ccc(Cl)c(Cl)c2)NC(CCN2CCNCC2)C1=O)c1ccccc1. The first-order chi connectivity index (χ1) is 18.4. The van der Waals surface area contributed by atoms with E-state index in [4.69, 9.17) is 23.2 Å². The normalized spacial score (nSPS) is 21.7. The molecule has 2 heterocycles. The molecule has 0 aliphatic carbocycles. The van der Waals surface area contributed by atoms with Crippen molar-refractivity contribution in [3.8, 4) is 0 Å². The fraction of sp³-hybridized carbons (Fsp3) is 0.517. The largest absolute Gasteiger partial charge is 0.350 e. The Labute approximate surface area is 236 Å². The van der Waals surface area contributed by atoms with Gasteiger partial charge < -0.3 is 25.8 Å². The highest BCUT2D eigenvalue weighted by Gasteiger charge is 2.32. The Morgan fingerprint density at radius 2 is 1.84 bits per heavy atom. The molecule has 7 nitrogen and oxygen atoms in total. The second-order valence-electron chi connectivity index (χ2n) is 10.2. The van der Waals surface area contributed by atoms with Gasteiger partial charge in [-0.15, -0.1) is 0 Å². The van der Waals surface area contributed by atoms with E-state index in [-0.39, 0.29) is 23.9 Å². The van der Waals surface area contributed by atoms with Crippen LogP contribution in [0, 0.1) is 0 Å². The van der Waals surface area contributed by atoms with Crippen LogP contribution in [-0.4, -0.2) is 86.1 Å². The Kier molecular flexibility index (Phi) is 10.8. The number of benzene rings is 2. The predicted molar refractivity (Wildman–Crippen MR) is 154 cm³/mol. The van der Waals surface area contributed by atoms with E-state index in [0.29, 0.717) is 41.2 Å². The number of piperazine rings is 1. The number of halogens is 2. The monoisotopic (exact) mass is 559 g/mol. The average molecular weight is 561 g/mol. The van der Waals surface area contributed by atoms with Crippen molar-refractivity contribution in [3.63, 3.8) is 0 Å². The highest BCUT2D eigenvalue weighted by atomic mass is 35.5. The lowest BCUT2D eigenvalue weighted by molar-refractivity contribution is -0.133. The Hall–Kier alpha value is -2.16. The summed E-state index contributed by atoms with van der Waals surface area (Å²) in [5.74, 6) is 0.248. The molecule has 0 saturated carbocycles. The molecule has 2 amide bonds. The zero-order valence-electron chi connectivity index (χ0n) is 22.1. The van der Waals surface area contributed by atoms with Gasteiger partial charge in [0.05, 0.1) is 16.1 Å². The van der Waals surface area contributed by atoms with Crippen LogP contribution in [0.5, 0.6) is 0 Å². The highest BCUT2D eigenvalue weighted by Crippen LogP contribution is 2.24. The standard InChI is InChI=1S/C29H39Cl2N5O2/c1-2-21(22-6-4-3-5-7-22)20-36-15-10-24(19-33-28(37)23-8-9-25(30)26(31)18-23)34-27(29(36)38)11-14-35-16-12-32-13-17-35/h3-9,18,21,24,27,32,34H,2,10-17,19-20H2,1H3,(H,33,37). The molecule has 0 radical (unpaired) electrons. The minimum Gasteiger partial charge on any atom is -0.350 e. The molecule has 206 valence electrons. The first-order valence-electron chi connectivity index (χ1n) is 13.7. The van der Waals surface area contributed by atoms with E-state index in [9.17, 15) is 9.59 Å². The van der Waals surface area contributed by atoms with Gasteiger partial charge in [-0.1, -0.05) is 60.5 Å². The van der Waals surface area contributed by atoms with Gasteiger partial charge >= 0.3 is 0 Å². The summed E-state index contributed by atoms with van der Waals surface area (Å²) < 4.78 is 0. The summed E-state index contributed by atoms with van der Waals surface area (Å²) in [7, 11) is 0. The summed E-state index contributed by atoms with van der Waals surface area (Å²) in [5.41, 5.74) is 1.73. The van der Waals surface area contributed by atoms with Crippen LogP contribution in [0.4, 0.5) is 0 Å². The first-order valence-corrected chi connectivity index (χ1v) is 14.5. The van der Waals surface area contributed by atoms with Crippen LogP contribution in [0.15, 0.2) is 48.5 Å². The number of amides is 2. The van der Waals surface area contributed by atoms with Crippen LogP contribution in [-0.2, 0) is 4.79 Å². The molecule has 3 N–H and O–H groups in total. The van der Waals surface area contributed by atoms with Crippen molar-refractivity contribution in [2.24, 2.45) is 0 Å². The highest BCUT2D eigenvalue weighted by molar-refractivity contribution is 6.42. The van der Waals surface area contributed by atoms with E-state index < -0.39 is 0 Å². The Morgan fingerprint density at radius 1 is 1.08 bits per heavy atom. The van der Waals surface area contributed by atoms with Crippen molar-refractivity contribution in [1.82, 2.24) is 25.8 Å². The quantitative estimate of drug-likeness (QED) is 0.413. The maximum Gasteiger partial charge on any atom is 0.251 e. The van der Waals surface area contributed by atoms with Gasteiger partial charge in [-0.2, -0.15) is 0 Å². The molecule has 9 heteroatoms. The van der Waals surface area contributed by atoms with Gasteiger partial charge in [-0.3, -0.25) is 9.59 Å². The second-order valence-corrected chi connectivity index (χ2v) is 11.0. The Morgan fingerprint density at radius 3 is 2.55 bits per heavy atom. The van der Waals surface area contributed by atoms with Crippen molar-refractivity contribution in [2.45, 2.75) is 44.2 Å². The molecule has 4 rings (SSSR count). The minimum absolute atomic E-state index is 0.0134. The fourth-order valence-electron chi connectivity index (χ4n) is 5.29. The van der Waals surface area contributed by atoms with Crippen molar-refractivity contribution in [1.29, 1.82) is 0 Å². The molecule has 2 aromatic rings. The molecule has 0 spiro atoms. The summed E-state index contributed by atoms with van der Waals surface area (Å²) in [6.45, 7) is 8.81. The predicted octanol–water partition coefficient (Wildman–Crippen LogP) is 3.77. The number of hydrogen-bond donors (Lipinski definition) is 3. The minimum atomic E-state index is -0.285. The van der Waals surface area contributed by atoms with E-state index in [1.807, 2.05) is 11.0 Å². The van der Waals surface area contributed by atoms with Gasteiger partial charge in [0, 0.05) is 69.9 Å². The molecule has 3 atom stereocenters. The summed E-state index contributed by atoms with van der Waals surface area (Å²) >= 11 is 12.1. The Balaban J connectivity index is 1.43. The molecule has 2 aliphatic rings. The van der Waals surface area contributed by atoms with Gasteiger partial charge in [0.15, 0.2) is 0 Å². The molecule has 0 aromatic heterocycles. The maximum atomic E-state index is 13.8. The van der Waals surface area contributed by atoms with Gasteiger partial charge in [0.1, 0.15) is 0 Å². The van der Waals surface area contributed by atoms with Crippen LogP contribution in [0.2, 0.25) is 10.0 Å². The van der Waals surface area contributed by atoms with Gasteiger partial charge in [-0.05, 0) is 43.0 Å². The van der Waals surface area contributed by atoms with Crippen LogP contribution in [0.25, 0.3) is 0 Å². The summed E-state index contributed by atoms with van der Waals surface area (Å²) in [4.78, 5) is 31.0. The molecule has 2 saturated heterocycles. The zero-order chi connectivity index (χ0) is 26.9. The molecule has 38 heavy (non-hydrogen) atoms. The van der Waals surface area contributed by atoms with E-state index >= 15 is 0 Å². The van der Waals surface area contributed by atoms with Crippen LogP contribution in [0.1, 0.15) is 48.0 Å².